The van der Waals surface area contributed by atoms with Gasteiger partial charge in [-0.1, -0.05) is 20.3 Å². The summed E-state index contributed by atoms with van der Waals surface area (Å²) < 4.78 is 5.31. The maximum atomic E-state index is 9.28. The van der Waals surface area contributed by atoms with E-state index in [-0.39, 0.29) is 18.7 Å². The fraction of sp³-hybridized carbons (Fsp3) is 0.667. The van der Waals surface area contributed by atoms with E-state index < -0.39 is 0 Å². The maximum absolute atomic E-state index is 9.28. The van der Waals surface area contributed by atoms with E-state index in [1.54, 1.807) is 6.26 Å². The smallest absolute Gasteiger partial charge is 0.120 e. The molecule has 0 aliphatic rings. The Balaban J connectivity index is 2.52. The quantitative estimate of drug-likeness (QED) is 0.759. The summed E-state index contributed by atoms with van der Waals surface area (Å²) in [6, 6.07) is 4.11. The molecule has 0 aliphatic carbocycles. The monoisotopic (exact) mass is 211 g/mol. The molecule has 0 amide bonds. The predicted octanol–water partition coefficient (Wildman–Crippen LogP) is 2.34. The van der Waals surface area contributed by atoms with E-state index in [0.717, 1.165) is 12.2 Å². The molecule has 0 fully saturated rings. The van der Waals surface area contributed by atoms with Crippen molar-refractivity contribution < 1.29 is 9.52 Å². The summed E-state index contributed by atoms with van der Waals surface area (Å²) in [5.74, 6) is 1.38. The first-order valence-electron chi connectivity index (χ1n) is 5.59. The molecule has 1 rings (SSSR count). The molecule has 3 nitrogen and oxygen atoms in total. The van der Waals surface area contributed by atoms with Crippen LogP contribution in [0.4, 0.5) is 0 Å². The minimum absolute atomic E-state index is 0.134. The molecular formula is C12H21NO2. The first kappa shape index (κ1) is 12.3. The molecule has 0 aromatic carbocycles. The van der Waals surface area contributed by atoms with Crippen LogP contribution in [-0.2, 0) is 0 Å². The number of furan rings is 1. The number of hydrogen-bond donors (Lipinski definition) is 2. The van der Waals surface area contributed by atoms with Crippen LogP contribution in [0.5, 0.6) is 0 Å². The van der Waals surface area contributed by atoms with Crippen LogP contribution in [-0.4, -0.2) is 17.8 Å². The molecule has 15 heavy (non-hydrogen) atoms. The van der Waals surface area contributed by atoms with Gasteiger partial charge in [0, 0.05) is 6.04 Å². The Kier molecular flexibility index (Phi) is 4.85. The van der Waals surface area contributed by atoms with Gasteiger partial charge in [0.25, 0.3) is 0 Å². The summed E-state index contributed by atoms with van der Waals surface area (Å²) in [5.41, 5.74) is 0. The van der Waals surface area contributed by atoms with Gasteiger partial charge >= 0.3 is 0 Å². The van der Waals surface area contributed by atoms with Gasteiger partial charge < -0.3 is 14.8 Å². The SMILES string of the molecule is CCC(C)C(CO)NC(C)c1ccco1. The Labute approximate surface area is 91.5 Å². The Morgan fingerprint density at radius 3 is 2.67 bits per heavy atom. The first-order valence-corrected chi connectivity index (χ1v) is 5.59. The zero-order chi connectivity index (χ0) is 11.3. The second kappa shape index (κ2) is 5.93. The second-order valence-corrected chi connectivity index (χ2v) is 4.08. The number of hydrogen-bond acceptors (Lipinski definition) is 3. The van der Waals surface area contributed by atoms with E-state index in [9.17, 15) is 5.11 Å². The van der Waals surface area contributed by atoms with E-state index in [0.29, 0.717) is 5.92 Å². The molecule has 0 saturated heterocycles. The van der Waals surface area contributed by atoms with Crippen molar-refractivity contribution in [3.8, 4) is 0 Å². The van der Waals surface area contributed by atoms with Crippen molar-refractivity contribution in [2.45, 2.75) is 39.3 Å². The van der Waals surface area contributed by atoms with Gasteiger partial charge in [0.2, 0.25) is 0 Å². The molecule has 2 N–H and O–H groups in total. The van der Waals surface area contributed by atoms with E-state index in [2.05, 4.69) is 19.2 Å². The van der Waals surface area contributed by atoms with E-state index in [1.165, 1.54) is 0 Å². The minimum Gasteiger partial charge on any atom is -0.468 e. The van der Waals surface area contributed by atoms with Gasteiger partial charge in [0.15, 0.2) is 0 Å². The van der Waals surface area contributed by atoms with Crippen molar-refractivity contribution in [3.05, 3.63) is 24.2 Å². The minimum atomic E-state index is 0.134. The van der Waals surface area contributed by atoms with Crippen LogP contribution < -0.4 is 5.32 Å². The Hall–Kier alpha value is -0.800. The third-order valence-corrected chi connectivity index (χ3v) is 2.96. The molecular weight excluding hydrogens is 190 g/mol. The molecule has 86 valence electrons. The summed E-state index contributed by atoms with van der Waals surface area (Å²) in [4.78, 5) is 0. The van der Waals surface area contributed by atoms with Gasteiger partial charge in [0.05, 0.1) is 18.9 Å². The lowest BCUT2D eigenvalue weighted by Gasteiger charge is -2.25. The molecule has 3 atom stereocenters. The summed E-state index contributed by atoms with van der Waals surface area (Å²) in [7, 11) is 0. The van der Waals surface area contributed by atoms with Gasteiger partial charge in [0.1, 0.15) is 5.76 Å². The Bertz CT molecular complexity index is 259. The molecule has 1 aromatic heterocycles. The lowest BCUT2D eigenvalue weighted by molar-refractivity contribution is 0.188. The normalized spacial score (nSPS) is 17.3. The maximum Gasteiger partial charge on any atom is 0.120 e. The summed E-state index contributed by atoms with van der Waals surface area (Å²) in [6.45, 7) is 6.49. The average Bonchev–Trinajstić information content (AvgIpc) is 2.77. The first-order chi connectivity index (χ1) is 7.19. The zero-order valence-corrected chi connectivity index (χ0v) is 9.73. The summed E-state index contributed by atoms with van der Waals surface area (Å²) in [5, 5.41) is 12.7. The fourth-order valence-corrected chi connectivity index (χ4v) is 1.62. The lowest BCUT2D eigenvalue weighted by Crippen LogP contribution is -2.39. The number of aliphatic hydroxyl groups excluding tert-OH is 1. The standard InChI is InChI=1S/C12H21NO2/c1-4-9(2)11(8-14)13-10(3)12-6-5-7-15-12/h5-7,9-11,13-14H,4,8H2,1-3H3. The van der Waals surface area contributed by atoms with Gasteiger partial charge in [-0.3, -0.25) is 0 Å². The van der Waals surface area contributed by atoms with E-state index in [4.69, 9.17) is 4.42 Å². The summed E-state index contributed by atoms with van der Waals surface area (Å²) >= 11 is 0. The third kappa shape index (κ3) is 3.36. The zero-order valence-electron chi connectivity index (χ0n) is 9.73. The van der Waals surface area contributed by atoms with Crippen LogP contribution >= 0.6 is 0 Å². The second-order valence-electron chi connectivity index (χ2n) is 4.08. The molecule has 3 heteroatoms. The van der Waals surface area contributed by atoms with Gasteiger partial charge in [-0.25, -0.2) is 0 Å². The van der Waals surface area contributed by atoms with Crippen LogP contribution in [0.15, 0.2) is 22.8 Å². The lowest BCUT2D eigenvalue weighted by atomic mass is 9.99. The molecule has 0 radical (unpaired) electrons. The van der Waals surface area contributed by atoms with Crippen molar-refractivity contribution in [2.24, 2.45) is 5.92 Å². The molecule has 0 aliphatic heterocycles. The average molecular weight is 211 g/mol. The number of rotatable bonds is 6. The van der Waals surface area contributed by atoms with Crippen LogP contribution in [0.2, 0.25) is 0 Å². The van der Waals surface area contributed by atoms with Gasteiger partial charge in [-0.2, -0.15) is 0 Å². The molecule has 0 saturated carbocycles. The third-order valence-electron chi connectivity index (χ3n) is 2.96. The van der Waals surface area contributed by atoms with Crippen LogP contribution in [0.25, 0.3) is 0 Å². The van der Waals surface area contributed by atoms with Crippen LogP contribution in [0, 0.1) is 5.92 Å². The fourth-order valence-electron chi connectivity index (χ4n) is 1.62. The topological polar surface area (TPSA) is 45.4 Å². The largest absolute Gasteiger partial charge is 0.468 e. The highest BCUT2D eigenvalue weighted by Gasteiger charge is 2.18. The summed E-state index contributed by atoms with van der Waals surface area (Å²) in [6.07, 6.45) is 2.73. The highest BCUT2D eigenvalue weighted by Crippen LogP contribution is 2.16. The van der Waals surface area contributed by atoms with Crippen molar-refractivity contribution in [1.82, 2.24) is 5.32 Å². The molecule has 0 spiro atoms. The molecule has 3 unspecified atom stereocenters. The van der Waals surface area contributed by atoms with Crippen molar-refractivity contribution in [2.75, 3.05) is 6.61 Å². The van der Waals surface area contributed by atoms with Gasteiger partial charge in [-0.05, 0) is 25.0 Å². The molecule has 1 heterocycles. The predicted molar refractivity (Wildman–Crippen MR) is 60.6 cm³/mol. The van der Waals surface area contributed by atoms with Gasteiger partial charge in [-0.15, -0.1) is 0 Å². The van der Waals surface area contributed by atoms with Crippen LogP contribution in [0.1, 0.15) is 39.0 Å². The van der Waals surface area contributed by atoms with E-state index in [1.807, 2.05) is 19.1 Å². The highest BCUT2D eigenvalue weighted by atomic mass is 16.3. The van der Waals surface area contributed by atoms with Crippen molar-refractivity contribution in [1.29, 1.82) is 0 Å². The molecule has 1 aromatic rings. The Morgan fingerprint density at radius 1 is 1.47 bits per heavy atom. The van der Waals surface area contributed by atoms with E-state index >= 15 is 0 Å². The Morgan fingerprint density at radius 2 is 2.20 bits per heavy atom. The van der Waals surface area contributed by atoms with Crippen LogP contribution in [0.3, 0.4) is 0 Å². The van der Waals surface area contributed by atoms with Crippen molar-refractivity contribution in [3.63, 3.8) is 0 Å². The number of aliphatic hydroxyl groups is 1. The highest BCUT2D eigenvalue weighted by molar-refractivity contribution is 5.03. The molecule has 0 bridgehead atoms. The van der Waals surface area contributed by atoms with Crippen molar-refractivity contribution >= 4 is 0 Å². The number of nitrogens with one attached hydrogen (secondary N) is 1.